The number of nitro groups is 1. The summed E-state index contributed by atoms with van der Waals surface area (Å²) in [5, 5.41) is 11.8. The molecule has 0 radical (unpaired) electrons. The van der Waals surface area contributed by atoms with E-state index in [2.05, 4.69) is 9.97 Å². The molecule has 0 unspecified atom stereocenters. The van der Waals surface area contributed by atoms with Crippen LogP contribution in [0.1, 0.15) is 0 Å². The van der Waals surface area contributed by atoms with Crippen LogP contribution in [0.15, 0.2) is 66.9 Å². The molecule has 2 aromatic carbocycles. The molecule has 4 aromatic rings. The van der Waals surface area contributed by atoms with Crippen molar-refractivity contribution in [3.63, 3.8) is 0 Å². The number of pyridine rings is 1. The van der Waals surface area contributed by atoms with Crippen LogP contribution in [0.5, 0.6) is 0 Å². The van der Waals surface area contributed by atoms with Crippen molar-refractivity contribution in [1.82, 2.24) is 15.0 Å². The zero-order valence-electron chi connectivity index (χ0n) is 14.3. The molecule has 0 aliphatic carbocycles. The third-order valence-electron chi connectivity index (χ3n) is 4.17. The summed E-state index contributed by atoms with van der Waals surface area (Å²) in [6.45, 7) is 0. The lowest BCUT2D eigenvalue weighted by Crippen LogP contribution is -1.91. The van der Waals surface area contributed by atoms with E-state index in [-0.39, 0.29) is 5.69 Å². The van der Waals surface area contributed by atoms with Gasteiger partial charge in [0, 0.05) is 11.6 Å². The molecule has 0 amide bonds. The van der Waals surface area contributed by atoms with Crippen LogP contribution in [-0.4, -0.2) is 19.9 Å². The van der Waals surface area contributed by atoms with Gasteiger partial charge in [0.1, 0.15) is 12.0 Å². The molecule has 6 nitrogen and oxygen atoms in total. The van der Waals surface area contributed by atoms with Gasteiger partial charge in [-0.2, -0.15) is 0 Å². The third kappa shape index (κ3) is 3.35. The highest BCUT2D eigenvalue weighted by Gasteiger charge is 2.19. The molecule has 0 atom stereocenters. The average molecular weight is 411 g/mol. The van der Waals surface area contributed by atoms with Crippen molar-refractivity contribution < 1.29 is 4.92 Å². The van der Waals surface area contributed by atoms with Gasteiger partial charge in [-0.15, -0.1) is 0 Å². The maximum absolute atomic E-state index is 10.9. The molecule has 0 aliphatic rings. The first-order valence-corrected chi connectivity index (χ1v) is 9.01. The maximum atomic E-state index is 10.9. The molecule has 0 bridgehead atoms. The van der Waals surface area contributed by atoms with Crippen molar-refractivity contribution in [2.24, 2.45) is 0 Å². The van der Waals surface area contributed by atoms with Crippen LogP contribution in [-0.2, 0) is 0 Å². The number of benzene rings is 2. The minimum absolute atomic E-state index is 0.0844. The van der Waals surface area contributed by atoms with Gasteiger partial charge in [-0.05, 0) is 18.2 Å². The molecule has 0 spiro atoms. The first-order chi connectivity index (χ1) is 13.5. The van der Waals surface area contributed by atoms with Gasteiger partial charge in [0.05, 0.1) is 37.6 Å². The van der Waals surface area contributed by atoms with E-state index in [0.29, 0.717) is 38.5 Å². The van der Waals surface area contributed by atoms with Crippen molar-refractivity contribution in [1.29, 1.82) is 0 Å². The first-order valence-electron chi connectivity index (χ1n) is 8.25. The highest BCUT2D eigenvalue weighted by molar-refractivity contribution is 6.39. The Morgan fingerprint density at radius 2 is 1.64 bits per heavy atom. The summed E-state index contributed by atoms with van der Waals surface area (Å²) in [5.41, 5.74) is 3.14. The number of rotatable bonds is 4. The Morgan fingerprint density at radius 3 is 2.25 bits per heavy atom. The van der Waals surface area contributed by atoms with E-state index in [1.807, 2.05) is 30.3 Å². The second kappa shape index (κ2) is 7.42. The van der Waals surface area contributed by atoms with Crippen LogP contribution in [0.25, 0.3) is 34.0 Å². The van der Waals surface area contributed by atoms with E-state index in [1.165, 1.54) is 12.3 Å². The maximum Gasteiger partial charge on any atom is 0.287 e. The van der Waals surface area contributed by atoms with E-state index in [1.54, 1.807) is 24.3 Å². The number of nitrogens with zero attached hydrogens (tertiary/aromatic N) is 3. The fourth-order valence-corrected chi connectivity index (χ4v) is 3.42. The van der Waals surface area contributed by atoms with Crippen LogP contribution in [0.4, 0.5) is 5.69 Å². The summed E-state index contributed by atoms with van der Waals surface area (Å²) in [6.07, 6.45) is 1.22. The summed E-state index contributed by atoms with van der Waals surface area (Å²) in [4.78, 5) is 22.6. The Hall–Kier alpha value is -3.22. The topological polar surface area (TPSA) is 84.7 Å². The molecule has 0 fully saturated rings. The molecule has 0 aliphatic heterocycles. The molecule has 138 valence electrons. The summed E-state index contributed by atoms with van der Waals surface area (Å²) >= 11 is 12.7. The van der Waals surface area contributed by atoms with Gasteiger partial charge >= 0.3 is 0 Å². The Labute approximate surface area is 170 Å². The molecule has 4 rings (SSSR count). The van der Waals surface area contributed by atoms with Crippen molar-refractivity contribution in [2.75, 3.05) is 0 Å². The number of H-pyrrole nitrogens is 1. The second-order valence-electron chi connectivity index (χ2n) is 5.93. The lowest BCUT2D eigenvalue weighted by atomic mass is 10.1. The molecular formula is C20H12Cl2N4O2. The smallest absolute Gasteiger partial charge is 0.287 e. The highest BCUT2D eigenvalue weighted by atomic mass is 35.5. The van der Waals surface area contributed by atoms with Crippen LogP contribution in [0.2, 0.25) is 10.0 Å². The van der Waals surface area contributed by atoms with E-state index in [0.717, 1.165) is 5.56 Å². The monoisotopic (exact) mass is 410 g/mol. The third-order valence-corrected chi connectivity index (χ3v) is 4.80. The number of hydrogen-bond acceptors (Lipinski definition) is 4. The Balaban J connectivity index is 1.92. The van der Waals surface area contributed by atoms with Gasteiger partial charge < -0.3 is 4.98 Å². The number of nitrogens with one attached hydrogen (secondary N) is 1. The molecule has 28 heavy (non-hydrogen) atoms. The zero-order valence-corrected chi connectivity index (χ0v) is 15.8. The lowest BCUT2D eigenvalue weighted by molar-refractivity contribution is -0.385. The summed E-state index contributed by atoms with van der Waals surface area (Å²) in [6, 6.07) is 17.8. The number of aromatic amines is 1. The fraction of sp³-hybridized carbons (Fsp3) is 0. The Morgan fingerprint density at radius 1 is 0.929 bits per heavy atom. The minimum atomic E-state index is -0.489. The van der Waals surface area contributed by atoms with Gasteiger partial charge in [0.15, 0.2) is 0 Å². The van der Waals surface area contributed by atoms with Gasteiger partial charge in [0.25, 0.3) is 5.69 Å². The first kappa shape index (κ1) is 18.2. The fourth-order valence-electron chi connectivity index (χ4n) is 2.85. The average Bonchev–Trinajstić information content (AvgIpc) is 3.13. The summed E-state index contributed by atoms with van der Waals surface area (Å²) in [7, 11) is 0. The standard InChI is InChI=1S/C20H12Cl2N4O2/c21-14-7-4-8-15(22)17(14)20-24-18(12-5-2-1-3-6-12)19(25-20)16-10-9-13(11-23-16)26(27)28/h1-11H,(H,24,25). The van der Waals surface area contributed by atoms with E-state index in [4.69, 9.17) is 28.2 Å². The lowest BCUT2D eigenvalue weighted by Gasteiger charge is -2.03. The quantitative estimate of drug-likeness (QED) is 0.329. The number of halogens is 2. The van der Waals surface area contributed by atoms with Gasteiger partial charge in [-0.1, -0.05) is 59.6 Å². The van der Waals surface area contributed by atoms with Gasteiger partial charge in [-0.3, -0.25) is 10.1 Å². The Kier molecular flexibility index (Phi) is 4.81. The van der Waals surface area contributed by atoms with Crippen molar-refractivity contribution in [3.8, 4) is 34.0 Å². The number of aromatic nitrogens is 3. The van der Waals surface area contributed by atoms with Crippen LogP contribution < -0.4 is 0 Å². The highest BCUT2D eigenvalue weighted by Crippen LogP contribution is 2.37. The normalized spacial score (nSPS) is 10.8. The molecular weight excluding hydrogens is 399 g/mol. The Bertz CT molecular complexity index is 1140. The van der Waals surface area contributed by atoms with E-state index in [9.17, 15) is 10.1 Å². The van der Waals surface area contributed by atoms with Crippen molar-refractivity contribution in [3.05, 3.63) is 87.0 Å². The predicted molar refractivity (Wildman–Crippen MR) is 109 cm³/mol. The van der Waals surface area contributed by atoms with E-state index >= 15 is 0 Å². The summed E-state index contributed by atoms with van der Waals surface area (Å²) in [5.74, 6) is 0.490. The number of hydrogen-bond donors (Lipinski definition) is 1. The molecule has 8 heteroatoms. The van der Waals surface area contributed by atoms with Crippen LogP contribution in [0, 0.1) is 10.1 Å². The van der Waals surface area contributed by atoms with Gasteiger partial charge in [0.2, 0.25) is 0 Å². The molecule has 1 N–H and O–H groups in total. The SMILES string of the molecule is O=[N+]([O-])c1ccc(-c2[nH]c(-c3c(Cl)cccc3Cl)nc2-c2ccccc2)nc1. The van der Waals surface area contributed by atoms with Gasteiger partial charge in [-0.25, -0.2) is 9.97 Å². The second-order valence-corrected chi connectivity index (χ2v) is 6.74. The molecule has 0 saturated heterocycles. The molecule has 2 heterocycles. The largest absolute Gasteiger partial charge is 0.336 e. The number of imidazole rings is 1. The predicted octanol–water partition coefficient (Wildman–Crippen LogP) is 6.02. The van der Waals surface area contributed by atoms with Crippen molar-refractivity contribution >= 4 is 28.9 Å². The van der Waals surface area contributed by atoms with E-state index < -0.39 is 4.92 Å². The van der Waals surface area contributed by atoms with Crippen molar-refractivity contribution in [2.45, 2.75) is 0 Å². The molecule has 0 saturated carbocycles. The minimum Gasteiger partial charge on any atom is -0.336 e. The summed E-state index contributed by atoms with van der Waals surface area (Å²) < 4.78 is 0. The zero-order chi connectivity index (χ0) is 19.7. The van der Waals surface area contributed by atoms with Crippen LogP contribution in [0.3, 0.4) is 0 Å². The van der Waals surface area contributed by atoms with Crippen LogP contribution >= 0.6 is 23.2 Å². The molecule has 2 aromatic heterocycles.